The SMILES string of the molecule is COc1ccc(CCCCC2=N/C(=C/C=N)NC(N(C)C)=C2)nc1. The van der Waals surface area contributed by atoms with Gasteiger partial charge in [-0.25, -0.2) is 4.99 Å². The Morgan fingerprint density at radius 2 is 2.04 bits per heavy atom. The number of aliphatic imine (C=N–C) groups is 1. The predicted octanol–water partition coefficient (Wildman–Crippen LogP) is 2.74. The molecule has 0 saturated carbocycles. The maximum atomic E-state index is 7.21. The number of pyridine rings is 1. The zero-order valence-corrected chi connectivity index (χ0v) is 14.5. The highest BCUT2D eigenvalue weighted by Crippen LogP contribution is 2.14. The lowest BCUT2D eigenvalue weighted by Crippen LogP contribution is -2.28. The first kappa shape index (κ1) is 17.7. The fourth-order valence-corrected chi connectivity index (χ4v) is 2.36. The number of unbranched alkanes of at least 4 members (excludes halogenated alkanes) is 1. The number of methoxy groups -OCH3 is 1. The second-order valence-electron chi connectivity index (χ2n) is 5.77. The Labute approximate surface area is 143 Å². The highest BCUT2D eigenvalue weighted by atomic mass is 16.5. The van der Waals surface area contributed by atoms with Crippen LogP contribution in [0.2, 0.25) is 0 Å². The van der Waals surface area contributed by atoms with Gasteiger partial charge in [0, 0.05) is 37.8 Å². The van der Waals surface area contributed by atoms with Crippen LogP contribution in [0.5, 0.6) is 5.75 Å². The molecule has 0 atom stereocenters. The Bertz CT molecular complexity index is 644. The molecule has 0 bridgehead atoms. The van der Waals surface area contributed by atoms with Gasteiger partial charge >= 0.3 is 0 Å². The fourth-order valence-electron chi connectivity index (χ4n) is 2.36. The van der Waals surface area contributed by atoms with E-state index in [1.807, 2.05) is 31.1 Å². The van der Waals surface area contributed by atoms with Gasteiger partial charge in [0.1, 0.15) is 17.4 Å². The van der Waals surface area contributed by atoms with Crippen molar-refractivity contribution in [3.8, 4) is 5.75 Å². The minimum atomic E-state index is 0.711. The van der Waals surface area contributed by atoms with Gasteiger partial charge in [-0.3, -0.25) is 4.98 Å². The van der Waals surface area contributed by atoms with E-state index < -0.39 is 0 Å². The molecule has 0 aromatic carbocycles. The third kappa shape index (κ3) is 5.22. The van der Waals surface area contributed by atoms with Crippen molar-refractivity contribution in [1.82, 2.24) is 15.2 Å². The Hall–Kier alpha value is -2.63. The van der Waals surface area contributed by atoms with Crippen molar-refractivity contribution in [2.75, 3.05) is 21.2 Å². The molecular weight excluding hydrogens is 302 g/mol. The van der Waals surface area contributed by atoms with E-state index in [-0.39, 0.29) is 0 Å². The number of nitrogens with zero attached hydrogens (tertiary/aromatic N) is 3. The number of hydrogen-bond acceptors (Lipinski definition) is 6. The zero-order valence-electron chi connectivity index (χ0n) is 14.5. The monoisotopic (exact) mass is 327 g/mol. The summed E-state index contributed by atoms with van der Waals surface area (Å²) in [5.41, 5.74) is 2.12. The molecule has 1 aromatic rings. The van der Waals surface area contributed by atoms with Crippen LogP contribution in [-0.4, -0.2) is 43.0 Å². The van der Waals surface area contributed by atoms with Gasteiger partial charge in [-0.1, -0.05) is 0 Å². The van der Waals surface area contributed by atoms with Crippen molar-refractivity contribution in [2.45, 2.75) is 25.7 Å². The van der Waals surface area contributed by atoms with Crippen LogP contribution in [0.3, 0.4) is 0 Å². The number of ether oxygens (including phenoxy) is 1. The van der Waals surface area contributed by atoms with Crippen LogP contribution in [0.1, 0.15) is 25.0 Å². The number of nitrogens with one attached hydrogen (secondary N) is 2. The van der Waals surface area contributed by atoms with Crippen molar-refractivity contribution >= 4 is 11.9 Å². The van der Waals surface area contributed by atoms with E-state index in [9.17, 15) is 0 Å². The van der Waals surface area contributed by atoms with E-state index in [4.69, 9.17) is 10.1 Å². The van der Waals surface area contributed by atoms with Gasteiger partial charge in [0.05, 0.1) is 13.3 Å². The minimum absolute atomic E-state index is 0.711. The molecule has 1 aliphatic rings. The van der Waals surface area contributed by atoms with Gasteiger partial charge in [0.25, 0.3) is 0 Å². The Morgan fingerprint density at radius 1 is 1.25 bits per heavy atom. The lowest BCUT2D eigenvalue weighted by Gasteiger charge is -2.23. The first-order valence-corrected chi connectivity index (χ1v) is 8.05. The zero-order chi connectivity index (χ0) is 17.4. The van der Waals surface area contributed by atoms with Gasteiger partial charge < -0.3 is 20.4 Å². The van der Waals surface area contributed by atoms with Crippen molar-refractivity contribution in [3.63, 3.8) is 0 Å². The third-order valence-electron chi connectivity index (χ3n) is 3.70. The molecule has 128 valence electrons. The van der Waals surface area contributed by atoms with E-state index in [2.05, 4.69) is 21.4 Å². The molecule has 0 radical (unpaired) electrons. The molecule has 6 nitrogen and oxygen atoms in total. The van der Waals surface area contributed by atoms with Gasteiger partial charge in [0.15, 0.2) is 0 Å². The lowest BCUT2D eigenvalue weighted by molar-refractivity contribution is 0.412. The summed E-state index contributed by atoms with van der Waals surface area (Å²) in [5, 5.41) is 10.4. The van der Waals surface area contributed by atoms with E-state index in [1.165, 1.54) is 6.21 Å². The van der Waals surface area contributed by atoms with Crippen LogP contribution in [0.15, 0.2) is 47.1 Å². The molecule has 2 N–H and O–H groups in total. The summed E-state index contributed by atoms with van der Waals surface area (Å²) < 4.78 is 5.12. The van der Waals surface area contributed by atoms with Crippen LogP contribution >= 0.6 is 0 Å². The molecule has 0 fully saturated rings. The number of rotatable bonds is 8. The molecular formula is C18H25N5O. The van der Waals surface area contributed by atoms with Crippen LogP contribution in [0.4, 0.5) is 0 Å². The maximum absolute atomic E-state index is 7.21. The summed E-state index contributed by atoms with van der Waals surface area (Å²) in [7, 11) is 5.62. The lowest BCUT2D eigenvalue weighted by atomic mass is 10.1. The molecule has 0 unspecified atom stereocenters. The summed E-state index contributed by atoms with van der Waals surface area (Å²) in [6.45, 7) is 0. The summed E-state index contributed by atoms with van der Waals surface area (Å²) in [6, 6.07) is 3.95. The highest BCUT2D eigenvalue weighted by Gasteiger charge is 2.11. The molecule has 0 aliphatic carbocycles. The van der Waals surface area contributed by atoms with Crippen LogP contribution < -0.4 is 10.1 Å². The van der Waals surface area contributed by atoms with E-state index in [0.717, 1.165) is 48.7 Å². The molecule has 1 aliphatic heterocycles. The first-order valence-electron chi connectivity index (χ1n) is 8.05. The number of allylic oxidation sites excluding steroid dienone is 2. The highest BCUT2D eigenvalue weighted by molar-refractivity contribution is 5.97. The molecule has 0 amide bonds. The van der Waals surface area contributed by atoms with E-state index in [1.54, 1.807) is 19.4 Å². The normalized spacial score (nSPS) is 15.4. The average molecular weight is 327 g/mol. The third-order valence-corrected chi connectivity index (χ3v) is 3.70. The van der Waals surface area contributed by atoms with Crippen molar-refractivity contribution in [2.24, 2.45) is 4.99 Å². The molecule has 24 heavy (non-hydrogen) atoms. The largest absolute Gasteiger partial charge is 0.495 e. The summed E-state index contributed by atoms with van der Waals surface area (Å²) in [6.07, 6.45) is 10.7. The van der Waals surface area contributed by atoms with Crippen molar-refractivity contribution < 1.29 is 4.74 Å². The van der Waals surface area contributed by atoms with Crippen molar-refractivity contribution in [3.05, 3.63) is 47.8 Å². The first-order chi connectivity index (χ1) is 11.6. The molecule has 1 aromatic heterocycles. The van der Waals surface area contributed by atoms with Crippen LogP contribution in [0, 0.1) is 5.41 Å². The second kappa shape index (κ2) is 8.86. The van der Waals surface area contributed by atoms with Crippen LogP contribution in [-0.2, 0) is 6.42 Å². The maximum Gasteiger partial charge on any atom is 0.137 e. The van der Waals surface area contributed by atoms with E-state index >= 15 is 0 Å². The average Bonchev–Trinajstić information content (AvgIpc) is 2.59. The molecule has 2 heterocycles. The van der Waals surface area contributed by atoms with E-state index in [0.29, 0.717) is 5.82 Å². The Kier molecular flexibility index (Phi) is 6.54. The fraction of sp³-hybridized carbons (Fsp3) is 0.389. The topological polar surface area (TPSA) is 73.6 Å². The predicted molar refractivity (Wildman–Crippen MR) is 97.6 cm³/mol. The van der Waals surface area contributed by atoms with Gasteiger partial charge in [-0.05, 0) is 43.9 Å². The molecule has 6 heteroatoms. The smallest absolute Gasteiger partial charge is 0.137 e. The Morgan fingerprint density at radius 3 is 2.67 bits per heavy atom. The number of hydrogen-bond donors (Lipinski definition) is 2. The number of aromatic nitrogens is 1. The molecule has 0 saturated heterocycles. The quantitative estimate of drug-likeness (QED) is 0.569. The summed E-state index contributed by atoms with van der Waals surface area (Å²) >= 11 is 0. The minimum Gasteiger partial charge on any atom is -0.495 e. The number of aryl methyl sites for hydroxylation is 1. The van der Waals surface area contributed by atoms with Crippen molar-refractivity contribution in [1.29, 1.82) is 5.41 Å². The van der Waals surface area contributed by atoms with Gasteiger partial charge in [-0.15, -0.1) is 0 Å². The second-order valence-corrected chi connectivity index (χ2v) is 5.77. The Balaban J connectivity index is 1.87. The van der Waals surface area contributed by atoms with Crippen LogP contribution in [0.25, 0.3) is 0 Å². The summed E-state index contributed by atoms with van der Waals surface area (Å²) in [4.78, 5) is 10.9. The van der Waals surface area contributed by atoms with Gasteiger partial charge in [0.2, 0.25) is 0 Å². The molecule has 0 spiro atoms. The molecule has 2 rings (SSSR count). The van der Waals surface area contributed by atoms with Gasteiger partial charge in [-0.2, -0.15) is 0 Å². The standard InChI is InChI=1S/C18H25N5O/c1-23(2)18-12-15(21-17(22-18)10-11-19)7-5-4-6-14-8-9-16(24-3)13-20-14/h8-13,19,22H,4-7H2,1-3H3/b17-10-,19-11?. The summed E-state index contributed by atoms with van der Waals surface area (Å²) in [5.74, 6) is 2.49.